The number of carbonyl (C=O) groups excluding carboxylic acids is 1. The molecule has 0 unspecified atom stereocenters. The van der Waals surface area contributed by atoms with Gasteiger partial charge in [-0.25, -0.2) is 4.98 Å². The Labute approximate surface area is 144 Å². The van der Waals surface area contributed by atoms with E-state index in [2.05, 4.69) is 15.4 Å². The van der Waals surface area contributed by atoms with Crippen LogP contribution in [-0.2, 0) is 18.4 Å². The number of amides is 1. The van der Waals surface area contributed by atoms with Crippen LogP contribution in [0.5, 0.6) is 5.75 Å². The molecule has 0 aliphatic carbocycles. The van der Waals surface area contributed by atoms with Crippen LogP contribution in [0.3, 0.4) is 0 Å². The lowest BCUT2D eigenvalue weighted by Gasteiger charge is -2.09. The molecule has 0 aliphatic heterocycles. The zero-order valence-corrected chi connectivity index (χ0v) is 14.1. The summed E-state index contributed by atoms with van der Waals surface area (Å²) in [5.74, 6) is 0.483. The smallest absolute Gasteiger partial charge is 0.264 e. The molecular formula is C17H19N5O3. The molecule has 8 nitrogen and oxygen atoms in total. The molecule has 2 heterocycles. The van der Waals surface area contributed by atoms with Crippen LogP contribution in [0.2, 0.25) is 0 Å². The molecule has 25 heavy (non-hydrogen) atoms. The molecule has 8 heteroatoms. The van der Waals surface area contributed by atoms with Gasteiger partial charge in [-0.1, -0.05) is 12.1 Å². The van der Waals surface area contributed by atoms with Crippen LogP contribution in [0, 0.1) is 6.92 Å². The summed E-state index contributed by atoms with van der Waals surface area (Å²) >= 11 is 0. The second kappa shape index (κ2) is 7.16. The molecular weight excluding hydrogens is 322 g/mol. The van der Waals surface area contributed by atoms with Crippen LogP contribution in [0.4, 0.5) is 0 Å². The molecule has 0 atom stereocenters. The Balaban J connectivity index is 1.53. The predicted molar refractivity (Wildman–Crippen MR) is 92.5 cm³/mol. The van der Waals surface area contributed by atoms with Crippen molar-refractivity contribution in [3.63, 3.8) is 0 Å². The lowest BCUT2D eigenvalue weighted by atomic mass is 10.2. The summed E-state index contributed by atoms with van der Waals surface area (Å²) in [6, 6.07) is 7.69. The number of rotatable bonds is 6. The van der Waals surface area contributed by atoms with Gasteiger partial charge >= 0.3 is 0 Å². The van der Waals surface area contributed by atoms with Gasteiger partial charge in [0.25, 0.3) is 5.56 Å². The van der Waals surface area contributed by atoms with Crippen molar-refractivity contribution in [2.75, 3.05) is 13.2 Å². The first-order chi connectivity index (χ1) is 12.0. The zero-order chi connectivity index (χ0) is 17.8. The van der Waals surface area contributed by atoms with Crippen LogP contribution in [0.15, 0.2) is 41.6 Å². The number of nitrogens with zero attached hydrogens (tertiary/aromatic N) is 4. The van der Waals surface area contributed by atoms with E-state index in [9.17, 15) is 9.59 Å². The molecule has 0 saturated carbocycles. The number of ether oxygens (including phenoxy) is 1. The summed E-state index contributed by atoms with van der Waals surface area (Å²) in [5, 5.41) is 7.11. The van der Waals surface area contributed by atoms with Crippen LogP contribution >= 0.6 is 0 Å². The van der Waals surface area contributed by atoms with E-state index in [1.807, 2.05) is 31.2 Å². The molecule has 0 aliphatic rings. The Hall–Kier alpha value is -3.16. The summed E-state index contributed by atoms with van der Waals surface area (Å²) in [6.45, 7) is 2.59. The lowest BCUT2D eigenvalue weighted by Crippen LogP contribution is -2.34. The van der Waals surface area contributed by atoms with E-state index in [0.29, 0.717) is 24.2 Å². The largest absolute Gasteiger partial charge is 0.492 e. The first-order valence-corrected chi connectivity index (χ1v) is 7.88. The van der Waals surface area contributed by atoms with Crippen molar-refractivity contribution in [3.8, 4) is 5.75 Å². The first kappa shape index (κ1) is 16.7. The van der Waals surface area contributed by atoms with Gasteiger partial charge < -0.3 is 10.1 Å². The van der Waals surface area contributed by atoms with E-state index in [1.165, 1.54) is 21.8 Å². The van der Waals surface area contributed by atoms with Crippen molar-refractivity contribution < 1.29 is 9.53 Å². The van der Waals surface area contributed by atoms with Gasteiger partial charge in [0.2, 0.25) is 5.91 Å². The molecule has 0 fully saturated rings. The zero-order valence-electron chi connectivity index (χ0n) is 14.1. The van der Waals surface area contributed by atoms with E-state index in [1.54, 1.807) is 7.05 Å². The maximum absolute atomic E-state index is 12.3. The Morgan fingerprint density at radius 2 is 2.20 bits per heavy atom. The monoisotopic (exact) mass is 341 g/mol. The molecule has 0 saturated heterocycles. The van der Waals surface area contributed by atoms with Crippen LogP contribution < -0.4 is 15.6 Å². The second-order valence-corrected chi connectivity index (χ2v) is 5.70. The number of aromatic nitrogens is 4. The van der Waals surface area contributed by atoms with E-state index in [-0.39, 0.29) is 18.0 Å². The highest BCUT2D eigenvalue weighted by Crippen LogP contribution is 2.11. The minimum absolute atomic E-state index is 0.0961. The van der Waals surface area contributed by atoms with E-state index in [0.717, 1.165) is 11.3 Å². The molecule has 1 N–H and O–H groups in total. The third kappa shape index (κ3) is 3.85. The van der Waals surface area contributed by atoms with Gasteiger partial charge in [0.15, 0.2) is 5.65 Å². The molecule has 0 bridgehead atoms. The number of nitrogens with one attached hydrogen (secondary N) is 1. The lowest BCUT2D eigenvalue weighted by molar-refractivity contribution is -0.121. The fourth-order valence-corrected chi connectivity index (χ4v) is 2.45. The first-order valence-electron chi connectivity index (χ1n) is 7.88. The molecule has 2 aromatic heterocycles. The molecule has 3 rings (SSSR count). The topological polar surface area (TPSA) is 91.0 Å². The normalized spacial score (nSPS) is 10.8. The average molecular weight is 341 g/mol. The van der Waals surface area contributed by atoms with Crippen molar-refractivity contribution in [1.82, 2.24) is 24.6 Å². The fraction of sp³-hybridized carbons (Fsp3) is 0.294. The van der Waals surface area contributed by atoms with Crippen LogP contribution in [0.1, 0.15) is 5.56 Å². The third-order valence-corrected chi connectivity index (χ3v) is 3.71. The van der Waals surface area contributed by atoms with Gasteiger partial charge in [-0.3, -0.25) is 18.8 Å². The molecule has 0 radical (unpaired) electrons. The number of hydrogen-bond acceptors (Lipinski definition) is 5. The quantitative estimate of drug-likeness (QED) is 0.664. The van der Waals surface area contributed by atoms with Gasteiger partial charge in [0.05, 0.1) is 12.7 Å². The van der Waals surface area contributed by atoms with Gasteiger partial charge in [0, 0.05) is 7.05 Å². The summed E-state index contributed by atoms with van der Waals surface area (Å²) in [4.78, 5) is 28.4. The highest BCUT2D eigenvalue weighted by Gasteiger charge is 2.10. The van der Waals surface area contributed by atoms with Gasteiger partial charge in [-0.2, -0.15) is 5.10 Å². The van der Waals surface area contributed by atoms with Gasteiger partial charge in [-0.05, 0) is 24.6 Å². The Kier molecular flexibility index (Phi) is 4.78. The second-order valence-electron chi connectivity index (χ2n) is 5.70. The standard InChI is InChI=1S/C17H19N5O3/c1-12-4-3-5-13(8-12)25-7-6-18-15(23)10-22-11-19-16-14(17(22)24)9-20-21(16)2/h3-5,8-9,11H,6-7,10H2,1-2H3,(H,18,23). The highest BCUT2D eigenvalue weighted by molar-refractivity contribution is 5.77. The van der Waals surface area contributed by atoms with Gasteiger partial charge in [0.1, 0.15) is 30.6 Å². The number of hydrogen-bond donors (Lipinski definition) is 1. The Bertz CT molecular complexity index is 960. The Morgan fingerprint density at radius 3 is 3.00 bits per heavy atom. The summed E-state index contributed by atoms with van der Waals surface area (Å²) in [6.07, 6.45) is 2.81. The highest BCUT2D eigenvalue weighted by atomic mass is 16.5. The number of benzene rings is 1. The summed E-state index contributed by atoms with van der Waals surface area (Å²) in [7, 11) is 1.71. The van der Waals surface area contributed by atoms with Crippen LogP contribution in [0.25, 0.3) is 11.0 Å². The minimum atomic E-state index is -0.288. The molecule has 1 amide bonds. The minimum Gasteiger partial charge on any atom is -0.492 e. The number of carbonyl (C=O) groups is 1. The molecule has 3 aromatic rings. The Morgan fingerprint density at radius 1 is 1.36 bits per heavy atom. The fourth-order valence-electron chi connectivity index (χ4n) is 2.45. The van der Waals surface area contributed by atoms with Crippen molar-refractivity contribution in [2.24, 2.45) is 7.05 Å². The average Bonchev–Trinajstić information content (AvgIpc) is 2.96. The van der Waals surface area contributed by atoms with Crippen LogP contribution in [-0.4, -0.2) is 38.4 Å². The number of aryl methyl sites for hydroxylation is 2. The predicted octanol–water partition coefficient (Wildman–Crippen LogP) is 0.634. The molecule has 0 spiro atoms. The third-order valence-electron chi connectivity index (χ3n) is 3.71. The maximum Gasteiger partial charge on any atom is 0.264 e. The summed E-state index contributed by atoms with van der Waals surface area (Å²) < 4.78 is 8.35. The van der Waals surface area contributed by atoms with E-state index >= 15 is 0 Å². The van der Waals surface area contributed by atoms with Crippen molar-refractivity contribution in [1.29, 1.82) is 0 Å². The molecule has 130 valence electrons. The molecule has 1 aromatic carbocycles. The van der Waals surface area contributed by atoms with E-state index in [4.69, 9.17) is 4.74 Å². The SMILES string of the molecule is Cc1cccc(OCCNC(=O)Cn2cnc3c(cnn3C)c2=O)c1. The van der Waals surface area contributed by atoms with Gasteiger partial charge in [-0.15, -0.1) is 0 Å². The maximum atomic E-state index is 12.3. The van der Waals surface area contributed by atoms with E-state index < -0.39 is 0 Å². The van der Waals surface area contributed by atoms with Crippen molar-refractivity contribution in [3.05, 3.63) is 52.7 Å². The van der Waals surface area contributed by atoms with Crippen molar-refractivity contribution >= 4 is 16.9 Å². The number of fused-ring (bicyclic) bond motifs is 1. The van der Waals surface area contributed by atoms with Crippen molar-refractivity contribution in [2.45, 2.75) is 13.5 Å². The summed E-state index contributed by atoms with van der Waals surface area (Å²) in [5.41, 5.74) is 1.32.